The summed E-state index contributed by atoms with van der Waals surface area (Å²) in [4.78, 5) is 10.6. The lowest BCUT2D eigenvalue weighted by molar-refractivity contribution is -0.131. The maximum absolute atomic E-state index is 10.6. The molecule has 0 saturated heterocycles. The van der Waals surface area contributed by atoms with E-state index in [2.05, 4.69) is 33.8 Å². The van der Waals surface area contributed by atoms with Crippen LogP contribution in [0.1, 0.15) is 56.2 Å². The van der Waals surface area contributed by atoms with Gasteiger partial charge >= 0.3 is 5.97 Å². The van der Waals surface area contributed by atoms with Gasteiger partial charge in [0.05, 0.1) is 0 Å². The van der Waals surface area contributed by atoms with E-state index in [1.165, 1.54) is 17.2 Å². The van der Waals surface area contributed by atoms with Crippen LogP contribution in [0.15, 0.2) is 24.3 Å². The molecule has 0 unspecified atom stereocenters. The molecule has 1 rings (SSSR count). The largest absolute Gasteiger partial charge is 0.478 e. The first kappa shape index (κ1) is 13.5. The summed E-state index contributed by atoms with van der Waals surface area (Å²) in [7, 11) is 0. The van der Waals surface area contributed by atoms with Crippen LogP contribution < -0.4 is 0 Å². The lowest BCUT2D eigenvalue weighted by atomic mass is 9.87. The molecule has 0 aliphatic carbocycles. The summed E-state index contributed by atoms with van der Waals surface area (Å²) in [6.45, 7) is 8.59. The molecule has 0 saturated carbocycles. The Bertz CT molecular complexity index is 429. The zero-order valence-corrected chi connectivity index (χ0v) is 10.9. The first-order valence-corrected chi connectivity index (χ1v) is 5.97. The molecule has 0 bridgehead atoms. The third kappa shape index (κ3) is 3.45. The van der Waals surface area contributed by atoms with E-state index < -0.39 is 5.97 Å². The number of hydrogen-bond donors (Lipinski definition) is 1. The maximum atomic E-state index is 10.6. The summed E-state index contributed by atoms with van der Waals surface area (Å²) < 4.78 is 0. The molecule has 0 aliphatic heterocycles. The molecule has 17 heavy (non-hydrogen) atoms. The molecule has 1 aromatic carbocycles. The highest BCUT2D eigenvalue weighted by molar-refractivity contribution is 5.85. The molecule has 1 N–H and O–H groups in total. The molecule has 2 nitrogen and oxygen atoms in total. The molecular formula is C15H20O2. The third-order valence-electron chi connectivity index (χ3n) is 2.78. The van der Waals surface area contributed by atoms with Crippen LogP contribution in [-0.2, 0) is 4.79 Å². The topological polar surface area (TPSA) is 37.3 Å². The van der Waals surface area contributed by atoms with Crippen LogP contribution in [0.2, 0.25) is 0 Å². The lowest BCUT2D eigenvalue weighted by Gasteiger charge is -2.18. The Morgan fingerprint density at radius 1 is 1.18 bits per heavy atom. The van der Waals surface area contributed by atoms with Crippen molar-refractivity contribution in [2.45, 2.75) is 39.5 Å². The van der Waals surface area contributed by atoms with Crippen molar-refractivity contribution < 1.29 is 9.90 Å². The summed E-state index contributed by atoms with van der Waals surface area (Å²) in [5.41, 5.74) is 3.56. The van der Waals surface area contributed by atoms with Gasteiger partial charge in [-0.25, -0.2) is 4.79 Å². The van der Waals surface area contributed by atoms with Crippen LogP contribution in [0.25, 0.3) is 6.08 Å². The van der Waals surface area contributed by atoms with Crippen molar-refractivity contribution in [3.8, 4) is 0 Å². The highest BCUT2D eigenvalue weighted by Crippen LogP contribution is 2.29. The van der Waals surface area contributed by atoms with E-state index in [0.29, 0.717) is 11.8 Å². The van der Waals surface area contributed by atoms with Crippen LogP contribution in [0.4, 0.5) is 0 Å². The van der Waals surface area contributed by atoms with Gasteiger partial charge in [0.1, 0.15) is 0 Å². The summed E-state index contributed by atoms with van der Waals surface area (Å²) in [6.07, 6.45) is 2.88. The molecule has 0 spiro atoms. The highest BCUT2D eigenvalue weighted by atomic mass is 16.4. The quantitative estimate of drug-likeness (QED) is 0.796. The van der Waals surface area contributed by atoms with Crippen molar-refractivity contribution in [2.75, 3.05) is 0 Å². The summed E-state index contributed by atoms with van der Waals surface area (Å²) in [6, 6.07) is 6.08. The molecule has 0 atom stereocenters. The molecule has 0 fully saturated rings. The Morgan fingerprint density at radius 3 is 2.29 bits per heavy atom. The molecular weight excluding hydrogens is 212 g/mol. The molecule has 1 aromatic rings. The van der Waals surface area contributed by atoms with Crippen molar-refractivity contribution >= 4 is 12.0 Å². The van der Waals surface area contributed by atoms with Crippen LogP contribution in [-0.4, -0.2) is 11.1 Å². The van der Waals surface area contributed by atoms with Gasteiger partial charge in [-0.05, 0) is 34.6 Å². The summed E-state index contributed by atoms with van der Waals surface area (Å²) in [5.74, 6) is -0.0673. The standard InChI is InChI=1S/C15H20O2/c1-10(2)13-7-5-6-12(8-9-14(16)17)15(13)11(3)4/h5-11H,1-4H3,(H,16,17)/b9-8+. The third-order valence-corrected chi connectivity index (χ3v) is 2.78. The molecule has 0 amide bonds. The molecule has 0 heterocycles. The second-order valence-electron chi connectivity index (χ2n) is 4.83. The minimum atomic E-state index is -0.908. The van der Waals surface area contributed by atoms with Crippen molar-refractivity contribution in [1.82, 2.24) is 0 Å². The highest BCUT2D eigenvalue weighted by Gasteiger charge is 2.12. The lowest BCUT2D eigenvalue weighted by Crippen LogP contribution is -2.01. The number of hydrogen-bond acceptors (Lipinski definition) is 1. The van der Waals surface area contributed by atoms with E-state index in [0.717, 1.165) is 5.56 Å². The van der Waals surface area contributed by atoms with Gasteiger partial charge in [-0.2, -0.15) is 0 Å². The van der Waals surface area contributed by atoms with Gasteiger partial charge in [0.25, 0.3) is 0 Å². The fourth-order valence-electron chi connectivity index (χ4n) is 2.08. The van der Waals surface area contributed by atoms with Gasteiger partial charge in [0, 0.05) is 6.08 Å². The smallest absolute Gasteiger partial charge is 0.328 e. The Labute approximate surface area is 103 Å². The van der Waals surface area contributed by atoms with Gasteiger partial charge < -0.3 is 5.11 Å². The maximum Gasteiger partial charge on any atom is 0.328 e. The molecule has 0 radical (unpaired) electrons. The zero-order valence-electron chi connectivity index (χ0n) is 10.9. The Morgan fingerprint density at radius 2 is 1.82 bits per heavy atom. The summed E-state index contributed by atoms with van der Waals surface area (Å²) >= 11 is 0. The van der Waals surface area contributed by atoms with Gasteiger partial charge in [0.2, 0.25) is 0 Å². The van der Waals surface area contributed by atoms with Gasteiger partial charge in [-0.3, -0.25) is 0 Å². The number of carboxylic acids is 1. The fourth-order valence-corrected chi connectivity index (χ4v) is 2.08. The average Bonchev–Trinajstić information content (AvgIpc) is 2.25. The number of carbonyl (C=O) groups is 1. The minimum Gasteiger partial charge on any atom is -0.478 e. The van der Waals surface area contributed by atoms with Crippen molar-refractivity contribution in [3.05, 3.63) is 41.0 Å². The Hall–Kier alpha value is -1.57. The van der Waals surface area contributed by atoms with Crippen LogP contribution in [0, 0.1) is 0 Å². The monoisotopic (exact) mass is 232 g/mol. The van der Waals surface area contributed by atoms with Gasteiger partial charge in [-0.15, -0.1) is 0 Å². The molecule has 92 valence electrons. The van der Waals surface area contributed by atoms with E-state index in [4.69, 9.17) is 5.11 Å². The van der Waals surface area contributed by atoms with Crippen molar-refractivity contribution in [3.63, 3.8) is 0 Å². The van der Waals surface area contributed by atoms with Gasteiger partial charge in [0.15, 0.2) is 0 Å². The number of rotatable bonds is 4. The van der Waals surface area contributed by atoms with E-state index in [1.54, 1.807) is 6.08 Å². The first-order chi connectivity index (χ1) is 7.93. The van der Waals surface area contributed by atoms with E-state index in [1.807, 2.05) is 12.1 Å². The first-order valence-electron chi connectivity index (χ1n) is 5.97. The van der Waals surface area contributed by atoms with E-state index in [-0.39, 0.29) is 0 Å². The van der Waals surface area contributed by atoms with E-state index in [9.17, 15) is 4.79 Å². The molecule has 2 heteroatoms. The predicted molar refractivity (Wildman–Crippen MR) is 71.3 cm³/mol. The SMILES string of the molecule is CC(C)c1cccc(/C=C/C(=O)O)c1C(C)C. The minimum absolute atomic E-state index is 0.391. The second kappa shape index (κ2) is 5.67. The number of carboxylic acid groups (broad SMARTS) is 1. The van der Waals surface area contributed by atoms with Crippen molar-refractivity contribution in [1.29, 1.82) is 0 Å². The van der Waals surface area contributed by atoms with Crippen LogP contribution in [0.3, 0.4) is 0 Å². The Balaban J connectivity index is 3.30. The molecule has 0 aromatic heterocycles. The normalized spacial score (nSPS) is 11.6. The zero-order chi connectivity index (χ0) is 13.0. The number of benzene rings is 1. The van der Waals surface area contributed by atoms with Crippen LogP contribution in [0.5, 0.6) is 0 Å². The van der Waals surface area contributed by atoms with Gasteiger partial charge in [-0.1, -0.05) is 45.9 Å². The summed E-state index contributed by atoms with van der Waals surface area (Å²) in [5, 5.41) is 8.70. The van der Waals surface area contributed by atoms with Crippen molar-refractivity contribution in [2.24, 2.45) is 0 Å². The second-order valence-corrected chi connectivity index (χ2v) is 4.83. The molecule has 0 aliphatic rings. The predicted octanol–water partition coefficient (Wildman–Crippen LogP) is 4.03. The number of aliphatic carboxylic acids is 1. The fraction of sp³-hybridized carbons (Fsp3) is 0.400. The van der Waals surface area contributed by atoms with E-state index >= 15 is 0 Å². The average molecular weight is 232 g/mol. The Kier molecular flexibility index (Phi) is 4.50. The van der Waals surface area contributed by atoms with Crippen LogP contribution >= 0.6 is 0 Å².